The molecule has 4 nitrogen and oxygen atoms in total. The minimum atomic E-state index is -0.273. The van der Waals surface area contributed by atoms with Crippen LogP contribution >= 0.6 is 0 Å². The van der Waals surface area contributed by atoms with Gasteiger partial charge in [0.15, 0.2) is 6.61 Å². The minimum absolute atomic E-state index is 0.0753. The Bertz CT molecular complexity index is 896. The number of nitrogens with zero attached hydrogens (tertiary/aromatic N) is 1. The van der Waals surface area contributed by atoms with E-state index in [1.54, 1.807) is 0 Å². The monoisotopic (exact) mass is 374 g/mol. The Morgan fingerprint density at radius 2 is 1.82 bits per heavy atom. The summed E-state index contributed by atoms with van der Waals surface area (Å²) >= 11 is 0. The van der Waals surface area contributed by atoms with Crippen molar-refractivity contribution in [1.82, 2.24) is 5.43 Å². The average molecular weight is 374 g/mol. The highest BCUT2D eigenvalue weighted by atomic mass is 16.5. The molecule has 4 heteroatoms. The van der Waals surface area contributed by atoms with Gasteiger partial charge in [0.25, 0.3) is 5.91 Å². The summed E-state index contributed by atoms with van der Waals surface area (Å²) in [5, 5.41) is 4.29. The first-order valence-corrected chi connectivity index (χ1v) is 9.49. The van der Waals surface area contributed by atoms with Crippen LogP contribution in [0.5, 0.6) is 5.75 Å². The normalized spacial score (nSPS) is 17.7. The van der Waals surface area contributed by atoms with E-state index in [1.165, 1.54) is 0 Å². The van der Waals surface area contributed by atoms with Crippen LogP contribution in [0, 0.1) is 5.92 Å². The molecule has 0 radical (unpaired) electrons. The van der Waals surface area contributed by atoms with Crippen molar-refractivity contribution in [1.29, 1.82) is 0 Å². The molecule has 0 aromatic heterocycles. The number of hydrogen-bond donors (Lipinski definition) is 1. The predicted molar refractivity (Wildman–Crippen MR) is 114 cm³/mol. The number of carbonyl (C=O) groups excluding carboxylic acids is 1. The summed E-state index contributed by atoms with van der Waals surface area (Å²) in [4.78, 5) is 12.1. The minimum Gasteiger partial charge on any atom is -0.484 e. The molecule has 1 amide bonds. The van der Waals surface area contributed by atoms with Crippen LogP contribution in [0.4, 0.5) is 0 Å². The maximum atomic E-state index is 12.1. The van der Waals surface area contributed by atoms with Gasteiger partial charge in [0, 0.05) is 0 Å². The Morgan fingerprint density at radius 1 is 1.14 bits per heavy atom. The van der Waals surface area contributed by atoms with Gasteiger partial charge in [-0.15, -0.1) is 0 Å². The molecule has 0 heterocycles. The largest absolute Gasteiger partial charge is 0.484 e. The van der Waals surface area contributed by atoms with Gasteiger partial charge in [0.1, 0.15) is 5.75 Å². The number of nitrogens with one attached hydrogen (secondary N) is 1. The molecule has 28 heavy (non-hydrogen) atoms. The lowest BCUT2D eigenvalue weighted by Gasteiger charge is -2.22. The third kappa shape index (κ3) is 5.19. The van der Waals surface area contributed by atoms with Crippen LogP contribution in [-0.2, 0) is 4.79 Å². The van der Waals surface area contributed by atoms with Gasteiger partial charge in [-0.25, -0.2) is 5.43 Å². The molecule has 0 saturated heterocycles. The van der Waals surface area contributed by atoms with Crippen molar-refractivity contribution in [3.05, 3.63) is 78.4 Å². The SMILES string of the molecule is C=C(C)C1CC=C(C)C(=NNC(=O)COc2ccc(-c3ccccc3)cc2)C1. The van der Waals surface area contributed by atoms with Crippen molar-refractivity contribution in [2.24, 2.45) is 11.0 Å². The smallest absolute Gasteiger partial charge is 0.277 e. The molecule has 2 aromatic carbocycles. The molecule has 1 unspecified atom stereocenters. The van der Waals surface area contributed by atoms with Crippen LogP contribution in [0.25, 0.3) is 11.1 Å². The van der Waals surface area contributed by atoms with E-state index < -0.39 is 0 Å². The Labute approximate surface area is 166 Å². The number of ether oxygens (including phenoxy) is 1. The van der Waals surface area contributed by atoms with Crippen LogP contribution in [0.15, 0.2) is 83.5 Å². The molecular weight excluding hydrogens is 348 g/mol. The van der Waals surface area contributed by atoms with Crippen molar-refractivity contribution in [3.63, 3.8) is 0 Å². The van der Waals surface area contributed by atoms with Crippen LogP contribution in [-0.4, -0.2) is 18.2 Å². The van der Waals surface area contributed by atoms with Crippen LogP contribution in [0.3, 0.4) is 0 Å². The molecule has 1 aliphatic carbocycles. The summed E-state index contributed by atoms with van der Waals surface area (Å²) in [5.41, 5.74) is 8.01. The second-order valence-corrected chi connectivity index (χ2v) is 7.14. The van der Waals surface area contributed by atoms with Gasteiger partial charge in [-0.1, -0.05) is 60.7 Å². The van der Waals surface area contributed by atoms with E-state index >= 15 is 0 Å². The number of benzene rings is 2. The zero-order valence-corrected chi connectivity index (χ0v) is 16.4. The second kappa shape index (κ2) is 9.18. The number of rotatable bonds is 6. The molecule has 0 spiro atoms. The van der Waals surface area contributed by atoms with E-state index in [1.807, 2.05) is 56.3 Å². The van der Waals surface area contributed by atoms with Gasteiger partial charge in [-0.05, 0) is 61.4 Å². The van der Waals surface area contributed by atoms with Crippen molar-refractivity contribution in [3.8, 4) is 16.9 Å². The first-order valence-electron chi connectivity index (χ1n) is 9.49. The van der Waals surface area contributed by atoms with E-state index in [-0.39, 0.29) is 12.5 Å². The topological polar surface area (TPSA) is 50.7 Å². The fraction of sp³-hybridized carbons (Fsp3) is 0.250. The summed E-state index contributed by atoms with van der Waals surface area (Å²) in [6, 6.07) is 17.8. The highest BCUT2D eigenvalue weighted by molar-refractivity contribution is 6.01. The Balaban J connectivity index is 1.52. The van der Waals surface area contributed by atoms with Crippen molar-refractivity contribution >= 4 is 11.6 Å². The predicted octanol–water partition coefficient (Wildman–Crippen LogP) is 5.14. The number of hydrogen-bond acceptors (Lipinski definition) is 3. The summed E-state index contributed by atoms with van der Waals surface area (Å²) < 4.78 is 5.57. The van der Waals surface area contributed by atoms with E-state index in [4.69, 9.17) is 4.74 Å². The third-order valence-corrected chi connectivity index (χ3v) is 4.95. The molecule has 0 fully saturated rings. The van der Waals surface area contributed by atoms with Gasteiger partial charge in [-0.2, -0.15) is 5.10 Å². The Kier molecular flexibility index (Phi) is 6.43. The first-order chi connectivity index (χ1) is 13.5. The first kappa shape index (κ1) is 19.6. The van der Waals surface area contributed by atoms with E-state index in [2.05, 4.69) is 35.3 Å². The zero-order valence-electron chi connectivity index (χ0n) is 16.4. The van der Waals surface area contributed by atoms with E-state index in [0.717, 1.165) is 40.8 Å². The summed E-state index contributed by atoms with van der Waals surface area (Å²) in [6.45, 7) is 8.01. The Morgan fingerprint density at radius 3 is 2.50 bits per heavy atom. The van der Waals surface area contributed by atoms with Crippen LogP contribution in [0.1, 0.15) is 26.7 Å². The van der Waals surface area contributed by atoms with Gasteiger partial charge in [0.2, 0.25) is 0 Å². The molecular formula is C24H26N2O2. The Hall–Kier alpha value is -3.14. The number of carbonyl (C=O) groups is 1. The van der Waals surface area contributed by atoms with Crippen LogP contribution < -0.4 is 10.2 Å². The number of allylic oxidation sites excluding steroid dienone is 3. The van der Waals surface area contributed by atoms with Gasteiger partial charge in [-0.3, -0.25) is 4.79 Å². The molecule has 1 N–H and O–H groups in total. The third-order valence-electron chi connectivity index (χ3n) is 4.95. The highest BCUT2D eigenvalue weighted by Crippen LogP contribution is 2.26. The summed E-state index contributed by atoms with van der Waals surface area (Å²) in [7, 11) is 0. The van der Waals surface area contributed by atoms with Gasteiger partial charge in [0.05, 0.1) is 5.71 Å². The summed E-state index contributed by atoms with van der Waals surface area (Å²) in [6.07, 6.45) is 3.94. The molecule has 1 atom stereocenters. The molecule has 0 aliphatic heterocycles. The fourth-order valence-electron chi connectivity index (χ4n) is 3.11. The van der Waals surface area contributed by atoms with Gasteiger partial charge < -0.3 is 4.74 Å². The maximum absolute atomic E-state index is 12.1. The molecule has 0 saturated carbocycles. The van der Waals surface area contributed by atoms with Gasteiger partial charge >= 0.3 is 0 Å². The second-order valence-electron chi connectivity index (χ2n) is 7.14. The number of amides is 1. The molecule has 1 aliphatic rings. The lowest BCUT2D eigenvalue weighted by Crippen LogP contribution is -2.27. The van der Waals surface area contributed by atoms with Crippen molar-refractivity contribution < 1.29 is 9.53 Å². The quantitative estimate of drug-likeness (QED) is 0.562. The maximum Gasteiger partial charge on any atom is 0.277 e. The fourth-order valence-corrected chi connectivity index (χ4v) is 3.11. The highest BCUT2D eigenvalue weighted by Gasteiger charge is 2.18. The van der Waals surface area contributed by atoms with Crippen molar-refractivity contribution in [2.45, 2.75) is 26.7 Å². The van der Waals surface area contributed by atoms with E-state index in [0.29, 0.717) is 11.7 Å². The van der Waals surface area contributed by atoms with E-state index in [9.17, 15) is 4.79 Å². The molecule has 0 bridgehead atoms. The molecule has 144 valence electrons. The summed E-state index contributed by atoms with van der Waals surface area (Å²) in [5.74, 6) is 0.766. The standard InChI is InChI=1S/C24H26N2O2/c1-17(2)21-10-9-18(3)23(15-21)25-26-24(27)16-28-22-13-11-20(12-14-22)19-7-5-4-6-8-19/h4-9,11-14,21H,1,10,15-16H2,2-3H3,(H,26,27). The average Bonchev–Trinajstić information content (AvgIpc) is 2.72. The molecule has 3 rings (SSSR count). The lowest BCUT2D eigenvalue weighted by atomic mass is 9.85. The van der Waals surface area contributed by atoms with Crippen molar-refractivity contribution in [2.75, 3.05) is 6.61 Å². The molecule has 2 aromatic rings. The van der Waals surface area contributed by atoms with Crippen LogP contribution in [0.2, 0.25) is 0 Å². The number of hydrazone groups is 1. The lowest BCUT2D eigenvalue weighted by molar-refractivity contribution is -0.123. The zero-order chi connectivity index (χ0) is 19.9.